The van der Waals surface area contributed by atoms with E-state index < -0.39 is 10.0 Å². The number of sulfonamides is 1. The van der Waals surface area contributed by atoms with Crippen molar-refractivity contribution >= 4 is 38.6 Å². The molecule has 0 saturated heterocycles. The third kappa shape index (κ3) is 3.40. The molecular weight excluding hydrogens is 314 g/mol. The minimum atomic E-state index is -3.59. The molecule has 0 fully saturated rings. The fourth-order valence-corrected chi connectivity index (χ4v) is 3.44. The molecule has 2 heterocycles. The van der Waals surface area contributed by atoms with Crippen LogP contribution in [0.5, 0.6) is 0 Å². The van der Waals surface area contributed by atoms with Gasteiger partial charge in [-0.25, -0.2) is 13.1 Å². The molecule has 8 heteroatoms. The van der Waals surface area contributed by atoms with Gasteiger partial charge in [0.2, 0.25) is 10.0 Å². The Labute approximate surface area is 126 Å². The first kappa shape index (κ1) is 15.0. The van der Waals surface area contributed by atoms with Crippen LogP contribution in [-0.4, -0.2) is 18.4 Å². The van der Waals surface area contributed by atoms with Crippen LogP contribution < -0.4 is 10.5 Å². The first-order chi connectivity index (χ1) is 9.40. The van der Waals surface area contributed by atoms with Crippen LogP contribution in [0.2, 0.25) is 0 Å². The van der Waals surface area contributed by atoms with Crippen LogP contribution in [0.3, 0.4) is 0 Å². The Morgan fingerprint density at radius 3 is 2.70 bits per heavy atom. The summed E-state index contributed by atoms with van der Waals surface area (Å²) in [4.78, 5) is 4.15. The Balaban J connectivity index is 2.14. The number of nitrogens with zero attached hydrogens (tertiary/aromatic N) is 1. The van der Waals surface area contributed by atoms with Crippen molar-refractivity contribution in [3.63, 3.8) is 0 Å². The highest BCUT2D eigenvalue weighted by Gasteiger charge is 2.15. The molecule has 0 bridgehead atoms. The third-order valence-electron chi connectivity index (χ3n) is 2.71. The fourth-order valence-electron chi connectivity index (χ4n) is 1.51. The van der Waals surface area contributed by atoms with Gasteiger partial charge in [-0.2, -0.15) is 11.3 Å². The first-order valence-electron chi connectivity index (χ1n) is 5.67. The molecule has 0 spiro atoms. The Morgan fingerprint density at radius 1 is 1.45 bits per heavy atom. The van der Waals surface area contributed by atoms with Gasteiger partial charge in [0.25, 0.3) is 0 Å². The molecule has 0 aliphatic carbocycles. The van der Waals surface area contributed by atoms with Crippen molar-refractivity contribution in [2.24, 2.45) is 5.73 Å². The van der Waals surface area contributed by atoms with Crippen molar-refractivity contribution in [1.82, 2.24) is 9.71 Å². The molecule has 0 unspecified atom stereocenters. The molecule has 2 aromatic heterocycles. The maximum Gasteiger partial charge on any atom is 0.242 e. The molecular formula is C12H13N3O2S3. The molecule has 0 aliphatic rings. The zero-order valence-electron chi connectivity index (χ0n) is 10.7. The van der Waals surface area contributed by atoms with Crippen LogP contribution >= 0.6 is 23.6 Å². The van der Waals surface area contributed by atoms with E-state index in [-0.39, 0.29) is 16.4 Å². The lowest BCUT2D eigenvalue weighted by Crippen LogP contribution is -2.23. The Kier molecular flexibility index (Phi) is 4.48. The number of aryl methyl sites for hydroxylation is 1. The Morgan fingerprint density at radius 2 is 2.20 bits per heavy atom. The summed E-state index contributed by atoms with van der Waals surface area (Å²) < 4.78 is 26.8. The number of nitrogens with one attached hydrogen (secondary N) is 1. The summed E-state index contributed by atoms with van der Waals surface area (Å²) in [7, 11) is -3.59. The van der Waals surface area contributed by atoms with Crippen molar-refractivity contribution in [3.05, 3.63) is 45.9 Å². The average molecular weight is 327 g/mol. The van der Waals surface area contributed by atoms with E-state index in [1.807, 2.05) is 17.7 Å². The topological polar surface area (TPSA) is 85.1 Å². The quantitative estimate of drug-likeness (QED) is 0.814. The molecule has 3 N–H and O–H groups in total. The molecule has 5 nitrogen and oxygen atoms in total. The van der Waals surface area contributed by atoms with Crippen LogP contribution in [0.1, 0.15) is 16.8 Å². The van der Waals surface area contributed by atoms with Crippen LogP contribution in [-0.2, 0) is 16.6 Å². The van der Waals surface area contributed by atoms with Crippen molar-refractivity contribution in [3.8, 4) is 0 Å². The zero-order chi connectivity index (χ0) is 14.8. The highest BCUT2D eigenvalue weighted by molar-refractivity contribution is 7.89. The van der Waals surface area contributed by atoms with E-state index in [1.165, 1.54) is 18.3 Å². The van der Waals surface area contributed by atoms with Crippen LogP contribution in [0.4, 0.5) is 0 Å². The summed E-state index contributed by atoms with van der Waals surface area (Å²) in [5.41, 5.74) is 7.85. The third-order valence-corrected chi connectivity index (χ3v) is 5.22. The minimum absolute atomic E-state index is 0.0883. The predicted molar refractivity (Wildman–Crippen MR) is 83.2 cm³/mol. The fraction of sp³-hybridized carbons (Fsp3) is 0.167. The number of rotatable bonds is 5. The summed E-state index contributed by atoms with van der Waals surface area (Å²) in [5, 5.41) is 3.90. The molecule has 0 aliphatic heterocycles. The molecule has 106 valence electrons. The van der Waals surface area contributed by atoms with Crippen molar-refractivity contribution in [1.29, 1.82) is 0 Å². The van der Waals surface area contributed by atoms with Gasteiger partial charge >= 0.3 is 0 Å². The first-order valence-corrected chi connectivity index (χ1v) is 8.51. The summed E-state index contributed by atoms with van der Waals surface area (Å²) in [6.45, 7) is 2.20. The van der Waals surface area contributed by atoms with Crippen molar-refractivity contribution in [2.75, 3.05) is 0 Å². The smallest absolute Gasteiger partial charge is 0.242 e. The SMILES string of the molecule is Cc1cscc1CNS(=O)(=O)c1ccc(C(N)=S)nc1. The highest BCUT2D eigenvalue weighted by Crippen LogP contribution is 2.15. The second-order valence-electron chi connectivity index (χ2n) is 4.15. The average Bonchev–Trinajstić information content (AvgIpc) is 2.82. The van der Waals surface area contributed by atoms with E-state index >= 15 is 0 Å². The number of thiocarbonyl (C=S) groups is 1. The summed E-state index contributed by atoms with van der Waals surface area (Å²) >= 11 is 6.31. The van der Waals surface area contributed by atoms with E-state index in [1.54, 1.807) is 11.3 Å². The zero-order valence-corrected chi connectivity index (χ0v) is 13.1. The Bertz CT molecular complexity index is 721. The van der Waals surface area contributed by atoms with E-state index in [9.17, 15) is 8.42 Å². The normalized spacial score (nSPS) is 11.4. The van der Waals surface area contributed by atoms with Gasteiger partial charge < -0.3 is 5.73 Å². The van der Waals surface area contributed by atoms with Crippen LogP contribution in [0, 0.1) is 6.92 Å². The lowest BCUT2D eigenvalue weighted by Gasteiger charge is -2.07. The maximum absolute atomic E-state index is 12.1. The second kappa shape index (κ2) is 5.96. The standard InChI is InChI=1S/C12H13N3O2S3/c1-8-6-19-7-9(8)4-15-20(16,17)10-2-3-11(12(13)18)14-5-10/h2-3,5-7,15H,4H2,1H3,(H2,13,18). The van der Waals surface area contributed by atoms with Gasteiger partial charge in [-0.15, -0.1) is 0 Å². The molecule has 0 saturated carbocycles. The maximum atomic E-state index is 12.1. The van der Waals surface area contributed by atoms with Crippen LogP contribution in [0.15, 0.2) is 34.0 Å². The van der Waals surface area contributed by atoms with Gasteiger partial charge in [0, 0.05) is 12.7 Å². The molecule has 0 radical (unpaired) electrons. The summed E-state index contributed by atoms with van der Waals surface area (Å²) in [5.74, 6) is 0. The van der Waals surface area contributed by atoms with Crippen molar-refractivity contribution < 1.29 is 8.42 Å². The van der Waals surface area contributed by atoms with Gasteiger partial charge in [-0.3, -0.25) is 4.98 Å². The van der Waals surface area contributed by atoms with Gasteiger partial charge in [0.15, 0.2) is 0 Å². The van der Waals surface area contributed by atoms with E-state index in [0.717, 1.165) is 11.1 Å². The number of hydrogen-bond donors (Lipinski definition) is 2. The van der Waals surface area contributed by atoms with E-state index in [4.69, 9.17) is 18.0 Å². The number of hydrogen-bond acceptors (Lipinski definition) is 5. The molecule has 2 aromatic rings. The number of nitrogens with two attached hydrogens (primary N) is 1. The molecule has 0 amide bonds. The molecule has 0 atom stereocenters. The van der Waals surface area contributed by atoms with Gasteiger partial charge in [0.1, 0.15) is 9.88 Å². The Hall–Kier alpha value is -1.35. The molecule has 20 heavy (non-hydrogen) atoms. The van der Waals surface area contributed by atoms with Gasteiger partial charge in [-0.05, 0) is 40.9 Å². The predicted octanol–water partition coefficient (Wildman–Crippen LogP) is 1.56. The summed E-state index contributed by atoms with van der Waals surface area (Å²) in [6.07, 6.45) is 1.25. The van der Waals surface area contributed by atoms with E-state index in [2.05, 4.69) is 9.71 Å². The van der Waals surface area contributed by atoms with Gasteiger partial charge in [0.05, 0.1) is 5.69 Å². The van der Waals surface area contributed by atoms with Gasteiger partial charge in [-0.1, -0.05) is 12.2 Å². The lowest BCUT2D eigenvalue weighted by molar-refractivity contribution is 0.581. The largest absolute Gasteiger partial charge is 0.388 e. The van der Waals surface area contributed by atoms with Crippen molar-refractivity contribution in [2.45, 2.75) is 18.4 Å². The van der Waals surface area contributed by atoms with Crippen LogP contribution in [0.25, 0.3) is 0 Å². The number of thiophene rings is 1. The summed E-state index contributed by atoms with van der Waals surface area (Å²) in [6, 6.07) is 2.93. The highest BCUT2D eigenvalue weighted by atomic mass is 32.2. The minimum Gasteiger partial charge on any atom is -0.388 e. The second-order valence-corrected chi connectivity index (χ2v) is 7.10. The van der Waals surface area contributed by atoms with E-state index in [0.29, 0.717) is 5.69 Å². The lowest BCUT2D eigenvalue weighted by atomic mass is 10.2. The molecule has 0 aromatic carbocycles. The number of aromatic nitrogens is 1. The number of pyridine rings is 1. The molecule has 2 rings (SSSR count). The monoisotopic (exact) mass is 327 g/mol.